The lowest BCUT2D eigenvalue weighted by Crippen LogP contribution is -2.78. The van der Waals surface area contributed by atoms with Crippen LogP contribution in [0.4, 0.5) is 4.79 Å². The van der Waals surface area contributed by atoms with E-state index in [1.54, 1.807) is 30.2 Å². The van der Waals surface area contributed by atoms with Crippen molar-refractivity contribution < 1.29 is 42.6 Å². The lowest BCUT2D eigenvalue weighted by atomic mass is 9.57. The SMILES string of the molecule is COc1ccc(CCCCCN2C(=O)C3C[C@@H](CO[Si](C)(C)C(C)(C)C)[C@H]4N(C(=O)OC(C)(C)C)CC[C@H]3[C@]42[C@@H](O)C(OC(=O)c2cccc(Cl)c2)O[Si](C)(C)C(C)(C)C)cc1. The first-order valence-electron chi connectivity index (χ1n) is 22.5. The van der Waals surface area contributed by atoms with Gasteiger partial charge in [0.05, 0.1) is 24.3 Å². The molecule has 0 radical (unpaired) electrons. The maximum atomic E-state index is 15.2. The summed E-state index contributed by atoms with van der Waals surface area (Å²) in [6.07, 6.45) is 0.615. The van der Waals surface area contributed by atoms with Crippen molar-refractivity contribution in [2.45, 2.75) is 167 Å². The monoisotopic (exact) mass is 914 g/mol. The summed E-state index contributed by atoms with van der Waals surface area (Å²) in [7, 11) is -3.48. The number of nitrogens with zero attached hydrogens (tertiary/aromatic N) is 2. The third-order valence-electron chi connectivity index (χ3n) is 14.5. The van der Waals surface area contributed by atoms with Gasteiger partial charge in [-0.1, -0.05) is 77.8 Å². The van der Waals surface area contributed by atoms with Crippen LogP contribution < -0.4 is 4.74 Å². The molecule has 3 fully saturated rings. The minimum atomic E-state index is -2.80. The average molecular weight is 916 g/mol. The van der Waals surface area contributed by atoms with Crippen LogP contribution in [0.1, 0.15) is 110 Å². The molecule has 5 rings (SSSR count). The Morgan fingerprint density at radius 3 is 2.15 bits per heavy atom. The van der Waals surface area contributed by atoms with Gasteiger partial charge in [0.15, 0.2) is 16.6 Å². The Kier molecular flexibility index (Phi) is 15.2. The Bertz CT molecular complexity index is 1890. The number of aliphatic hydroxyl groups excluding tert-OH is 1. The van der Waals surface area contributed by atoms with Gasteiger partial charge in [0.2, 0.25) is 12.2 Å². The molecule has 1 saturated carbocycles. The average Bonchev–Trinajstić information content (AvgIpc) is 3.33. The summed E-state index contributed by atoms with van der Waals surface area (Å²) in [6.45, 7) is 27.8. The van der Waals surface area contributed by atoms with Crippen molar-refractivity contribution in [1.82, 2.24) is 9.80 Å². The maximum absolute atomic E-state index is 15.2. The Balaban J connectivity index is 1.64. The van der Waals surface area contributed by atoms with Gasteiger partial charge in [0, 0.05) is 42.5 Å². The molecule has 1 aliphatic carbocycles. The fraction of sp³-hybridized carbons (Fsp3) is 0.688. The number of rotatable bonds is 16. The van der Waals surface area contributed by atoms with Gasteiger partial charge in [0.1, 0.15) is 17.5 Å². The zero-order chi connectivity index (χ0) is 46.2. The third-order valence-corrected chi connectivity index (χ3v) is 23.6. The Labute approximate surface area is 378 Å². The number of esters is 1. The molecule has 1 N–H and O–H groups in total. The highest BCUT2D eigenvalue weighted by molar-refractivity contribution is 6.74. The standard InChI is InChI=1S/C48H75ClN2O9Si2/c1-45(2,3)59-44(55)50-28-26-38-37-30-34(31-57-61(11,12)46(4,5)6)39(50)48(38,51(41(37)53)27-17-15-16-19-32-22-24-36(56-10)25-23-32)40(52)43(60-62(13,14)47(7,8)9)58-42(54)33-20-18-21-35(49)29-33/h18,20-25,29,34,37-40,43,52H,15-17,19,26-28,30-31H2,1-14H3/t34-,37?,38+,39+,40-,43?,48+/m0/s1. The molecular weight excluding hydrogens is 840 g/mol. The lowest BCUT2D eigenvalue weighted by Gasteiger charge is -2.61. The fourth-order valence-electron chi connectivity index (χ4n) is 9.19. The van der Waals surface area contributed by atoms with Crippen LogP contribution in [0, 0.1) is 17.8 Å². The zero-order valence-corrected chi connectivity index (χ0v) is 42.7. The number of methoxy groups -OCH3 is 1. The first kappa shape index (κ1) is 50.1. The number of likely N-dealkylation sites (tertiary alicyclic amines) is 2. The zero-order valence-electron chi connectivity index (χ0n) is 39.9. The predicted octanol–water partition coefficient (Wildman–Crippen LogP) is 10.5. The highest BCUT2D eigenvalue weighted by Crippen LogP contribution is 2.60. The first-order chi connectivity index (χ1) is 28.6. The molecule has 14 heteroatoms. The summed E-state index contributed by atoms with van der Waals surface area (Å²) in [5.41, 5.74) is -0.807. The van der Waals surface area contributed by atoms with E-state index in [0.29, 0.717) is 37.4 Å². The maximum Gasteiger partial charge on any atom is 0.410 e. The second-order valence-corrected chi connectivity index (χ2v) is 31.8. The number of aliphatic hydroxyl groups is 1. The number of ether oxygens (including phenoxy) is 3. The van der Waals surface area contributed by atoms with Crippen molar-refractivity contribution in [2.75, 3.05) is 26.8 Å². The molecule has 2 unspecified atom stereocenters. The molecule has 2 saturated heterocycles. The molecule has 2 amide bonds. The normalized spacial score (nSPS) is 24.2. The summed E-state index contributed by atoms with van der Waals surface area (Å²) in [5, 5.41) is 13.5. The summed E-state index contributed by atoms with van der Waals surface area (Å²) in [6, 6.07) is 13.8. The second kappa shape index (κ2) is 18.9. The minimum Gasteiger partial charge on any atom is -0.497 e. The molecule has 2 heterocycles. The van der Waals surface area contributed by atoms with Crippen molar-refractivity contribution in [3.63, 3.8) is 0 Å². The van der Waals surface area contributed by atoms with Crippen molar-refractivity contribution >= 4 is 46.2 Å². The molecule has 11 nitrogen and oxygen atoms in total. The number of carbonyl (C=O) groups excluding carboxylic acids is 3. The van der Waals surface area contributed by atoms with Crippen LogP contribution in [0.25, 0.3) is 0 Å². The fourth-order valence-corrected chi connectivity index (χ4v) is 11.6. The number of amides is 2. The largest absolute Gasteiger partial charge is 0.497 e. The minimum absolute atomic E-state index is 0.0534. The molecule has 3 aliphatic rings. The van der Waals surface area contributed by atoms with Crippen molar-refractivity contribution in [3.8, 4) is 5.75 Å². The van der Waals surface area contributed by atoms with E-state index in [0.717, 1.165) is 25.0 Å². The number of aryl methyl sites for hydroxylation is 1. The van der Waals surface area contributed by atoms with E-state index in [2.05, 4.69) is 66.8 Å². The van der Waals surface area contributed by atoms with E-state index >= 15 is 4.79 Å². The van der Waals surface area contributed by atoms with Gasteiger partial charge < -0.3 is 38.0 Å². The number of hydrogen-bond donors (Lipinski definition) is 1. The van der Waals surface area contributed by atoms with Gasteiger partial charge in [-0.05, 0) is 125 Å². The van der Waals surface area contributed by atoms with Crippen LogP contribution in [0.15, 0.2) is 48.5 Å². The summed E-state index contributed by atoms with van der Waals surface area (Å²) in [5.74, 6) is -1.11. The van der Waals surface area contributed by atoms with Gasteiger partial charge in [-0.3, -0.25) is 4.79 Å². The van der Waals surface area contributed by atoms with E-state index in [-0.39, 0.29) is 40.0 Å². The Hall–Kier alpha value is -2.95. The molecule has 7 atom stereocenters. The number of halogens is 1. The summed E-state index contributed by atoms with van der Waals surface area (Å²) < 4.78 is 31.9. The van der Waals surface area contributed by atoms with E-state index in [9.17, 15) is 14.7 Å². The van der Waals surface area contributed by atoms with E-state index < -0.39 is 64.2 Å². The molecule has 2 aliphatic heterocycles. The third kappa shape index (κ3) is 10.6. The predicted molar refractivity (Wildman–Crippen MR) is 250 cm³/mol. The quantitative estimate of drug-likeness (QED) is 0.0759. The smallest absolute Gasteiger partial charge is 0.410 e. The number of piperidine rings is 1. The van der Waals surface area contributed by atoms with E-state index in [1.807, 2.05) is 50.9 Å². The first-order valence-corrected chi connectivity index (χ1v) is 28.7. The van der Waals surface area contributed by atoms with Crippen LogP contribution in [-0.4, -0.2) is 106 Å². The van der Waals surface area contributed by atoms with Crippen LogP contribution in [0.5, 0.6) is 5.75 Å². The number of carbonyl (C=O) groups is 3. The van der Waals surface area contributed by atoms with Crippen LogP contribution >= 0.6 is 11.6 Å². The molecule has 2 aromatic rings. The van der Waals surface area contributed by atoms with E-state index in [4.69, 9.17) is 34.7 Å². The summed E-state index contributed by atoms with van der Waals surface area (Å²) >= 11 is 6.35. The van der Waals surface area contributed by atoms with Crippen molar-refractivity contribution in [3.05, 3.63) is 64.7 Å². The highest BCUT2D eigenvalue weighted by Gasteiger charge is 2.74. The Morgan fingerprint density at radius 1 is 0.919 bits per heavy atom. The molecular formula is C48H75ClN2O9Si2. The van der Waals surface area contributed by atoms with Gasteiger partial charge in [-0.25, -0.2) is 9.59 Å². The van der Waals surface area contributed by atoms with Crippen LogP contribution in [0.2, 0.25) is 41.3 Å². The van der Waals surface area contributed by atoms with Gasteiger partial charge in [0.25, 0.3) is 0 Å². The van der Waals surface area contributed by atoms with Crippen LogP contribution in [0.3, 0.4) is 0 Å². The van der Waals surface area contributed by atoms with Crippen molar-refractivity contribution in [1.29, 1.82) is 0 Å². The second-order valence-electron chi connectivity index (χ2n) is 21.8. The van der Waals surface area contributed by atoms with Gasteiger partial charge >= 0.3 is 12.1 Å². The van der Waals surface area contributed by atoms with Gasteiger partial charge in [-0.15, -0.1) is 0 Å². The highest BCUT2D eigenvalue weighted by atomic mass is 35.5. The molecule has 2 aromatic carbocycles. The molecule has 0 spiro atoms. The number of unbranched alkanes of at least 4 members (excludes halogenated alkanes) is 2. The summed E-state index contributed by atoms with van der Waals surface area (Å²) in [4.78, 5) is 47.6. The van der Waals surface area contributed by atoms with Gasteiger partial charge in [-0.2, -0.15) is 0 Å². The lowest BCUT2D eigenvalue weighted by molar-refractivity contribution is -0.213. The molecule has 62 heavy (non-hydrogen) atoms. The van der Waals surface area contributed by atoms with Crippen LogP contribution in [-0.2, 0) is 29.5 Å². The van der Waals surface area contributed by atoms with Crippen molar-refractivity contribution in [2.24, 2.45) is 17.8 Å². The molecule has 4 bridgehead atoms. The molecule has 0 aromatic heterocycles. The number of hydrogen-bond acceptors (Lipinski definition) is 9. The topological polar surface area (TPSA) is 124 Å². The molecule has 346 valence electrons. The van der Waals surface area contributed by atoms with E-state index in [1.165, 1.54) is 11.6 Å². The number of benzene rings is 2. The Morgan fingerprint density at radius 2 is 1.56 bits per heavy atom.